The molecule has 0 unspecified atom stereocenters. The molecule has 0 bridgehead atoms. The van der Waals surface area contributed by atoms with Gasteiger partial charge in [-0.2, -0.15) is 0 Å². The predicted octanol–water partition coefficient (Wildman–Crippen LogP) is 3.77. The first kappa shape index (κ1) is 14.7. The zero-order valence-corrected chi connectivity index (χ0v) is 12.8. The van der Waals surface area contributed by atoms with Gasteiger partial charge in [0.15, 0.2) is 0 Å². The lowest BCUT2D eigenvalue weighted by molar-refractivity contribution is 0.414. The normalized spacial score (nSPS) is 10.4. The van der Waals surface area contributed by atoms with Gasteiger partial charge in [0.25, 0.3) is 0 Å². The molecule has 2 rings (SSSR count). The van der Waals surface area contributed by atoms with Crippen molar-refractivity contribution in [2.45, 2.75) is 19.3 Å². The number of hydrogen-bond donors (Lipinski definition) is 0. The standard InChI is InChI=1S/C16H19ClN2O/c1-12-8-14(10-17)9-16(18-12)19(2)11-13-4-6-15(20-3)7-5-13/h4-9H,10-11H2,1-3H3. The summed E-state index contributed by atoms with van der Waals surface area (Å²) in [6.07, 6.45) is 0. The van der Waals surface area contributed by atoms with Crippen LogP contribution in [0.25, 0.3) is 0 Å². The first-order valence-electron chi connectivity index (χ1n) is 6.50. The van der Waals surface area contributed by atoms with Crippen LogP contribution in [0.5, 0.6) is 5.75 Å². The first-order valence-corrected chi connectivity index (χ1v) is 7.03. The van der Waals surface area contributed by atoms with E-state index in [1.54, 1.807) is 7.11 Å². The summed E-state index contributed by atoms with van der Waals surface area (Å²) in [5.74, 6) is 2.32. The monoisotopic (exact) mass is 290 g/mol. The van der Waals surface area contributed by atoms with Crippen LogP contribution in [0.3, 0.4) is 0 Å². The molecule has 1 aromatic heterocycles. The Morgan fingerprint density at radius 3 is 2.45 bits per heavy atom. The smallest absolute Gasteiger partial charge is 0.129 e. The van der Waals surface area contributed by atoms with Gasteiger partial charge in [-0.3, -0.25) is 0 Å². The van der Waals surface area contributed by atoms with Gasteiger partial charge in [0, 0.05) is 25.2 Å². The van der Waals surface area contributed by atoms with Gasteiger partial charge in [0.1, 0.15) is 11.6 Å². The van der Waals surface area contributed by atoms with Crippen molar-refractivity contribution in [3.63, 3.8) is 0 Å². The Morgan fingerprint density at radius 1 is 1.15 bits per heavy atom. The average Bonchev–Trinajstić information content (AvgIpc) is 2.47. The second-order valence-electron chi connectivity index (χ2n) is 4.81. The number of aromatic nitrogens is 1. The van der Waals surface area contributed by atoms with Crippen molar-refractivity contribution < 1.29 is 4.74 Å². The van der Waals surface area contributed by atoms with E-state index in [0.29, 0.717) is 5.88 Å². The predicted molar refractivity (Wildman–Crippen MR) is 83.6 cm³/mol. The molecule has 4 heteroatoms. The quantitative estimate of drug-likeness (QED) is 0.784. The summed E-state index contributed by atoms with van der Waals surface area (Å²) >= 11 is 5.91. The zero-order valence-electron chi connectivity index (χ0n) is 12.1. The van der Waals surface area contributed by atoms with Crippen LogP contribution in [0.2, 0.25) is 0 Å². The molecule has 20 heavy (non-hydrogen) atoms. The van der Waals surface area contributed by atoms with Gasteiger partial charge in [-0.05, 0) is 42.3 Å². The maximum absolute atomic E-state index is 5.91. The molecule has 0 N–H and O–H groups in total. The highest BCUT2D eigenvalue weighted by molar-refractivity contribution is 6.17. The lowest BCUT2D eigenvalue weighted by Crippen LogP contribution is -2.18. The van der Waals surface area contributed by atoms with E-state index in [1.165, 1.54) is 5.56 Å². The van der Waals surface area contributed by atoms with Crippen molar-refractivity contribution in [1.82, 2.24) is 4.98 Å². The van der Waals surface area contributed by atoms with E-state index in [-0.39, 0.29) is 0 Å². The van der Waals surface area contributed by atoms with Gasteiger partial charge in [0.05, 0.1) is 7.11 Å². The molecule has 2 aromatic rings. The topological polar surface area (TPSA) is 25.4 Å². The molecule has 0 fully saturated rings. The lowest BCUT2D eigenvalue weighted by atomic mass is 10.2. The minimum Gasteiger partial charge on any atom is -0.497 e. The number of nitrogens with zero attached hydrogens (tertiary/aromatic N) is 2. The molecular weight excluding hydrogens is 272 g/mol. The summed E-state index contributed by atoms with van der Waals surface area (Å²) in [5, 5.41) is 0. The van der Waals surface area contributed by atoms with Crippen molar-refractivity contribution in [1.29, 1.82) is 0 Å². The van der Waals surface area contributed by atoms with Crippen molar-refractivity contribution in [3.8, 4) is 5.75 Å². The van der Waals surface area contributed by atoms with E-state index in [4.69, 9.17) is 16.3 Å². The minimum atomic E-state index is 0.507. The maximum atomic E-state index is 5.91. The summed E-state index contributed by atoms with van der Waals surface area (Å²) in [4.78, 5) is 6.67. The molecule has 106 valence electrons. The van der Waals surface area contributed by atoms with E-state index in [0.717, 1.165) is 29.4 Å². The number of benzene rings is 1. The van der Waals surface area contributed by atoms with Gasteiger partial charge in [-0.1, -0.05) is 12.1 Å². The number of pyridine rings is 1. The fourth-order valence-corrected chi connectivity index (χ4v) is 2.23. The van der Waals surface area contributed by atoms with Gasteiger partial charge >= 0.3 is 0 Å². The highest BCUT2D eigenvalue weighted by atomic mass is 35.5. The van der Waals surface area contributed by atoms with Gasteiger partial charge in [0.2, 0.25) is 0 Å². The van der Waals surface area contributed by atoms with Gasteiger partial charge < -0.3 is 9.64 Å². The molecule has 0 atom stereocenters. The number of halogens is 1. The van der Waals surface area contributed by atoms with E-state index in [2.05, 4.69) is 22.0 Å². The Morgan fingerprint density at radius 2 is 1.85 bits per heavy atom. The number of alkyl halides is 1. The molecule has 0 amide bonds. The van der Waals surface area contributed by atoms with Crippen LogP contribution in [0, 0.1) is 6.92 Å². The number of hydrogen-bond acceptors (Lipinski definition) is 3. The molecule has 0 aliphatic carbocycles. The lowest BCUT2D eigenvalue weighted by Gasteiger charge is -2.19. The molecule has 0 saturated heterocycles. The Labute approximate surface area is 125 Å². The van der Waals surface area contributed by atoms with Crippen LogP contribution in [0.15, 0.2) is 36.4 Å². The van der Waals surface area contributed by atoms with Crippen molar-refractivity contribution in [2.75, 3.05) is 19.1 Å². The Balaban J connectivity index is 2.14. The highest BCUT2D eigenvalue weighted by Crippen LogP contribution is 2.18. The molecule has 0 radical (unpaired) electrons. The zero-order chi connectivity index (χ0) is 14.5. The third-order valence-electron chi connectivity index (χ3n) is 3.12. The second kappa shape index (κ2) is 6.62. The average molecular weight is 291 g/mol. The second-order valence-corrected chi connectivity index (χ2v) is 5.08. The van der Waals surface area contributed by atoms with E-state index < -0.39 is 0 Å². The molecule has 0 spiro atoms. The fourth-order valence-electron chi connectivity index (χ4n) is 2.08. The van der Waals surface area contributed by atoms with Crippen LogP contribution in [-0.2, 0) is 12.4 Å². The van der Waals surface area contributed by atoms with Crippen LogP contribution in [0.4, 0.5) is 5.82 Å². The van der Waals surface area contributed by atoms with E-state index in [9.17, 15) is 0 Å². The molecule has 0 aliphatic heterocycles. The van der Waals surface area contributed by atoms with Crippen LogP contribution >= 0.6 is 11.6 Å². The summed E-state index contributed by atoms with van der Waals surface area (Å²) in [7, 11) is 3.70. The molecular formula is C16H19ClN2O. The number of anilines is 1. The number of aryl methyl sites for hydroxylation is 1. The van der Waals surface area contributed by atoms with Crippen LogP contribution < -0.4 is 9.64 Å². The van der Waals surface area contributed by atoms with Crippen LogP contribution in [0.1, 0.15) is 16.8 Å². The third kappa shape index (κ3) is 3.64. The van der Waals surface area contributed by atoms with Crippen molar-refractivity contribution in [3.05, 3.63) is 53.2 Å². The SMILES string of the molecule is COc1ccc(CN(C)c2cc(CCl)cc(C)n2)cc1. The largest absolute Gasteiger partial charge is 0.497 e. The van der Waals surface area contributed by atoms with Crippen molar-refractivity contribution in [2.24, 2.45) is 0 Å². The highest BCUT2D eigenvalue weighted by Gasteiger charge is 2.06. The van der Waals surface area contributed by atoms with Gasteiger partial charge in [-0.25, -0.2) is 4.98 Å². The Bertz CT molecular complexity index is 569. The Kier molecular flexibility index (Phi) is 4.85. The van der Waals surface area contributed by atoms with Gasteiger partial charge in [-0.15, -0.1) is 11.6 Å². The Hall–Kier alpha value is -1.74. The number of ether oxygens (including phenoxy) is 1. The summed E-state index contributed by atoms with van der Waals surface area (Å²) in [6.45, 7) is 2.78. The first-order chi connectivity index (χ1) is 9.62. The van der Waals surface area contributed by atoms with Crippen molar-refractivity contribution >= 4 is 17.4 Å². The van der Waals surface area contributed by atoms with E-state index in [1.807, 2.05) is 38.2 Å². The number of rotatable bonds is 5. The summed E-state index contributed by atoms with van der Waals surface area (Å²) in [5.41, 5.74) is 3.29. The summed E-state index contributed by atoms with van der Waals surface area (Å²) in [6, 6.07) is 12.1. The molecule has 3 nitrogen and oxygen atoms in total. The van der Waals surface area contributed by atoms with E-state index >= 15 is 0 Å². The number of methoxy groups -OCH3 is 1. The summed E-state index contributed by atoms with van der Waals surface area (Å²) < 4.78 is 5.16. The third-order valence-corrected chi connectivity index (χ3v) is 3.43. The molecule has 0 saturated carbocycles. The molecule has 0 aliphatic rings. The maximum Gasteiger partial charge on any atom is 0.129 e. The fraction of sp³-hybridized carbons (Fsp3) is 0.312. The molecule has 1 aromatic carbocycles. The van der Waals surface area contributed by atoms with Crippen LogP contribution in [-0.4, -0.2) is 19.1 Å². The molecule has 1 heterocycles. The minimum absolute atomic E-state index is 0.507.